The predicted octanol–water partition coefficient (Wildman–Crippen LogP) is 2.66. The van der Waals surface area contributed by atoms with Crippen molar-refractivity contribution in [3.63, 3.8) is 0 Å². The lowest BCUT2D eigenvalue weighted by molar-refractivity contribution is -0.894. The van der Waals surface area contributed by atoms with Crippen molar-refractivity contribution in [3.05, 3.63) is 29.8 Å². The molecule has 1 aromatic rings. The van der Waals surface area contributed by atoms with Gasteiger partial charge in [-0.15, -0.1) is 0 Å². The molecule has 2 saturated heterocycles. The van der Waals surface area contributed by atoms with Gasteiger partial charge in [-0.2, -0.15) is 0 Å². The van der Waals surface area contributed by atoms with Gasteiger partial charge in [0.05, 0.1) is 25.2 Å². The van der Waals surface area contributed by atoms with E-state index >= 15 is 0 Å². The average Bonchev–Trinajstić information content (AvgIpc) is 2.98. The van der Waals surface area contributed by atoms with Gasteiger partial charge in [-0.05, 0) is 45.7 Å². The van der Waals surface area contributed by atoms with Crippen molar-refractivity contribution in [2.24, 2.45) is 5.41 Å². The minimum absolute atomic E-state index is 0.00632. The standard InChI is InChI=1S/C20H32N2O/c1-17-6-8-18(9-7-17)21-15-20(16-22-11-4-5-12-22)10-13-23-19(2,3)14-20/h6-9,21H,4-5,10-16H2,1-3H3/p+1/t20-/m0/s1. The second-order valence-corrected chi connectivity index (χ2v) is 8.39. The summed E-state index contributed by atoms with van der Waals surface area (Å²) in [7, 11) is 0. The van der Waals surface area contributed by atoms with Crippen molar-refractivity contribution < 1.29 is 9.64 Å². The Morgan fingerprint density at radius 2 is 1.83 bits per heavy atom. The molecule has 2 aliphatic heterocycles. The van der Waals surface area contributed by atoms with Crippen LogP contribution in [-0.4, -0.2) is 38.4 Å². The Bertz CT molecular complexity index is 505. The van der Waals surface area contributed by atoms with E-state index < -0.39 is 0 Å². The first-order valence-electron chi connectivity index (χ1n) is 9.25. The fourth-order valence-electron chi connectivity index (χ4n) is 4.49. The molecule has 0 spiro atoms. The van der Waals surface area contributed by atoms with Crippen molar-refractivity contribution in [3.8, 4) is 0 Å². The molecule has 0 saturated carbocycles. The Hall–Kier alpha value is -1.06. The van der Waals surface area contributed by atoms with Crippen LogP contribution in [0.4, 0.5) is 5.69 Å². The highest BCUT2D eigenvalue weighted by molar-refractivity contribution is 5.44. The number of nitrogens with one attached hydrogen (secondary N) is 2. The number of aryl methyl sites for hydroxylation is 1. The van der Waals surface area contributed by atoms with Crippen LogP contribution in [-0.2, 0) is 4.74 Å². The SMILES string of the molecule is Cc1ccc(NC[C@]2(C[NH+]3CCCC3)CCOC(C)(C)C2)cc1. The monoisotopic (exact) mass is 317 g/mol. The maximum atomic E-state index is 6.02. The first-order valence-corrected chi connectivity index (χ1v) is 9.25. The molecular formula is C20H33N2O+. The van der Waals surface area contributed by atoms with Crippen molar-refractivity contribution in [1.82, 2.24) is 0 Å². The molecule has 0 aliphatic carbocycles. The van der Waals surface area contributed by atoms with Crippen LogP contribution in [0.3, 0.4) is 0 Å². The van der Waals surface area contributed by atoms with Crippen molar-refractivity contribution in [2.45, 2.75) is 52.1 Å². The van der Waals surface area contributed by atoms with Crippen LogP contribution in [0, 0.1) is 12.3 Å². The van der Waals surface area contributed by atoms with Crippen LogP contribution in [0.1, 0.15) is 45.1 Å². The van der Waals surface area contributed by atoms with Crippen LogP contribution >= 0.6 is 0 Å². The average molecular weight is 317 g/mol. The van der Waals surface area contributed by atoms with E-state index in [9.17, 15) is 0 Å². The van der Waals surface area contributed by atoms with Crippen molar-refractivity contribution in [2.75, 3.05) is 38.1 Å². The number of anilines is 1. The van der Waals surface area contributed by atoms with Gasteiger partial charge in [0.15, 0.2) is 0 Å². The van der Waals surface area contributed by atoms with Crippen molar-refractivity contribution >= 4 is 5.69 Å². The smallest absolute Gasteiger partial charge is 0.0847 e. The normalized spacial score (nSPS) is 28.0. The summed E-state index contributed by atoms with van der Waals surface area (Å²) in [4.78, 5) is 1.80. The second-order valence-electron chi connectivity index (χ2n) is 8.39. The van der Waals surface area contributed by atoms with E-state index in [0.717, 1.165) is 19.6 Å². The molecule has 1 aromatic carbocycles. The van der Waals surface area contributed by atoms with E-state index in [1.54, 1.807) is 4.90 Å². The van der Waals surface area contributed by atoms with Gasteiger partial charge >= 0.3 is 0 Å². The highest BCUT2D eigenvalue weighted by Crippen LogP contribution is 2.38. The summed E-state index contributed by atoms with van der Waals surface area (Å²) in [6, 6.07) is 8.79. The number of ether oxygens (including phenoxy) is 1. The minimum atomic E-state index is 0.00632. The number of benzene rings is 1. The van der Waals surface area contributed by atoms with Gasteiger partial charge in [0.2, 0.25) is 0 Å². The summed E-state index contributed by atoms with van der Waals surface area (Å²) >= 11 is 0. The number of hydrogen-bond donors (Lipinski definition) is 2. The van der Waals surface area contributed by atoms with Gasteiger partial charge in [0.25, 0.3) is 0 Å². The lowest BCUT2D eigenvalue weighted by Gasteiger charge is -2.45. The quantitative estimate of drug-likeness (QED) is 0.873. The number of quaternary nitrogens is 1. The van der Waals surface area contributed by atoms with Crippen LogP contribution in [0.5, 0.6) is 0 Å². The maximum Gasteiger partial charge on any atom is 0.0847 e. The zero-order valence-electron chi connectivity index (χ0n) is 15.1. The Balaban J connectivity index is 1.70. The van der Waals surface area contributed by atoms with E-state index in [1.807, 2.05) is 0 Å². The van der Waals surface area contributed by atoms with E-state index in [-0.39, 0.29) is 5.60 Å². The molecule has 0 unspecified atom stereocenters. The lowest BCUT2D eigenvalue weighted by atomic mass is 9.73. The number of hydrogen-bond acceptors (Lipinski definition) is 2. The van der Waals surface area contributed by atoms with Crippen molar-refractivity contribution in [1.29, 1.82) is 0 Å². The number of rotatable bonds is 5. The van der Waals surface area contributed by atoms with Gasteiger partial charge in [0.1, 0.15) is 0 Å². The summed E-state index contributed by atoms with van der Waals surface area (Å²) in [5.41, 5.74) is 2.92. The van der Waals surface area contributed by atoms with Gasteiger partial charge in [-0.1, -0.05) is 17.7 Å². The molecule has 0 radical (unpaired) electrons. The van der Waals surface area contributed by atoms with E-state index in [2.05, 4.69) is 50.4 Å². The molecule has 3 heteroatoms. The molecule has 2 heterocycles. The van der Waals surface area contributed by atoms with E-state index in [0.29, 0.717) is 5.41 Å². The molecule has 128 valence electrons. The third kappa shape index (κ3) is 4.48. The molecule has 0 amide bonds. The highest BCUT2D eigenvalue weighted by atomic mass is 16.5. The minimum Gasteiger partial charge on any atom is -0.384 e. The first-order chi connectivity index (χ1) is 11.0. The lowest BCUT2D eigenvalue weighted by Crippen LogP contribution is -3.11. The Morgan fingerprint density at radius 3 is 2.48 bits per heavy atom. The highest BCUT2D eigenvalue weighted by Gasteiger charge is 2.44. The largest absolute Gasteiger partial charge is 0.384 e. The predicted molar refractivity (Wildman–Crippen MR) is 96.2 cm³/mol. The molecule has 1 atom stereocenters. The van der Waals surface area contributed by atoms with E-state index in [4.69, 9.17) is 4.74 Å². The Morgan fingerprint density at radius 1 is 1.13 bits per heavy atom. The van der Waals surface area contributed by atoms with Gasteiger partial charge in [-0.3, -0.25) is 0 Å². The fourth-order valence-corrected chi connectivity index (χ4v) is 4.49. The summed E-state index contributed by atoms with van der Waals surface area (Å²) in [6.07, 6.45) is 5.13. The molecule has 0 aromatic heterocycles. The molecule has 2 aliphatic rings. The van der Waals surface area contributed by atoms with E-state index in [1.165, 1.54) is 50.1 Å². The topological polar surface area (TPSA) is 25.7 Å². The van der Waals surface area contributed by atoms with Gasteiger partial charge in [0, 0.05) is 37.1 Å². The third-order valence-electron chi connectivity index (χ3n) is 5.58. The fraction of sp³-hybridized carbons (Fsp3) is 0.700. The molecule has 3 nitrogen and oxygen atoms in total. The zero-order valence-corrected chi connectivity index (χ0v) is 15.1. The molecular weight excluding hydrogens is 284 g/mol. The van der Waals surface area contributed by atoms with Crippen LogP contribution < -0.4 is 10.2 Å². The summed E-state index contributed by atoms with van der Waals surface area (Å²) in [5, 5.41) is 3.73. The first kappa shape index (κ1) is 16.8. The van der Waals surface area contributed by atoms with Gasteiger partial charge < -0.3 is 15.0 Å². The summed E-state index contributed by atoms with van der Waals surface area (Å²) in [6.45, 7) is 12.6. The molecule has 3 rings (SSSR count). The zero-order chi connectivity index (χ0) is 16.3. The summed E-state index contributed by atoms with van der Waals surface area (Å²) < 4.78 is 6.02. The molecule has 2 N–H and O–H groups in total. The third-order valence-corrected chi connectivity index (χ3v) is 5.58. The van der Waals surface area contributed by atoms with Gasteiger partial charge in [-0.25, -0.2) is 0 Å². The van der Waals surface area contributed by atoms with Crippen LogP contribution in [0.15, 0.2) is 24.3 Å². The summed E-state index contributed by atoms with van der Waals surface area (Å²) in [5.74, 6) is 0. The van der Waals surface area contributed by atoms with Crippen LogP contribution in [0.25, 0.3) is 0 Å². The Labute approximate surface area is 141 Å². The molecule has 0 bridgehead atoms. The Kier molecular flexibility index (Phi) is 4.98. The maximum absolute atomic E-state index is 6.02. The molecule has 2 fully saturated rings. The van der Waals surface area contributed by atoms with Crippen LogP contribution in [0.2, 0.25) is 0 Å². The number of likely N-dealkylation sites (tertiary alicyclic amines) is 1. The second kappa shape index (κ2) is 6.82. The molecule has 23 heavy (non-hydrogen) atoms.